The van der Waals surface area contributed by atoms with Crippen LogP contribution in [0.25, 0.3) is 10.9 Å². The lowest BCUT2D eigenvalue weighted by Gasteiger charge is -2.22. The van der Waals surface area contributed by atoms with E-state index in [0.29, 0.717) is 43.2 Å². The number of aromatic nitrogens is 1. The predicted octanol–water partition coefficient (Wildman–Crippen LogP) is 4.94. The lowest BCUT2D eigenvalue weighted by Crippen LogP contribution is -2.38. The number of aromatic amines is 1. The first-order chi connectivity index (χ1) is 25.3. The van der Waals surface area contributed by atoms with Crippen LogP contribution in [0.3, 0.4) is 0 Å². The number of hydrogen-bond donors (Lipinski definition) is 4. The van der Waals surface area contributed by atoms with Crippen LogP contribution in [0.15, 0.2) is 53.7 Å². The van der Waals surface area contributed by atoms with Crippen molar-refractivity contribution in [1.82, 2.24) is 26.1 Å². The minimum atomic E-state index is -2.63. The van der Waals surface area contributed by atoms with E-state index in [2.05, 4.69) is 26.1 Å². The van der Waals surface area contributed by atoms with Gasteiger partial charge in [-0.3, -0.25) is 34.2 Å². The molecule has 0 bridgehead atoms. The molecular weight excluding hydrogens is 684 g/mol. The van der Waals surface area contributed by atoms with E-state index < -0.39 is 41.0 Å². The van der Waals surface area contributed by atoms with Crippen molar-refractivity contribution in [2.75, 3.05) is 29.9 Å². The summed E-state index contributed by atoms with van der Waals surface area (Å²) in [5.74, 6) is -4.23. The third-order valence-electron chi connectivity index (χ3n) is 12.4. The van der Waals surface area contributed by atoms with Crippen LogP contribution in [0, 0.1) is 17.3 Å². The van der Waals surface area contributed by atoms with E-state index in [1.54, 1.807) is 37.9 Å². The zero-order valence-electron chi connectivity index (χ0n) is 29.9. The quantitative estimate of drug-likeness (QED) is 0.161. The highest BCUT2D eigenvalue weighted by Gasteiger charge is 2.78. The van der Waals surface area contributed by atoms with Crippen molar-refractivity contribution < 1.29 is 32.8 Å². The summed E-state index contributed by atoms with van der Waals surface area (Å²) in [6.45, 7) is 4.87. The number of nitrogens with zero attached hydrogens (tertiary/aromatic N) is 3. The van der Waals surface area contributed by atoms with Crippen molar-refractivity contribution >= 4 is 52.3 Å². The van der Waals surface area contributed by atoms with Crippen molar-refractivity contribution in [2.24, 2.45) is 17.3 Å². The van der Waals surface area contributed by atoms with Crippen molar-refractivity contribution in [1.29, 1.82) is 0 Å². The fourth-order valence-corrected chi connectivity index (χ4v) is 8.92. The molecule has 0 radical (unpaired) electrons. The molecule has 2 aromatic carbocycles. The van der Waals surface area contributed by atoms with Crippen LogP contribution in [0.5, 0.6) is 0 Å². The normalized spacial score (nSPS) is 25.9. The zero-order chi connectivity index (χ0) is 37.4. The maximum Gasteiger partial charge on any atom is 0.261 e. The van der Waals surface area contributed by atoms with E-state index in [1.165, 1.54) is 4.90 Å². The molecule has 3 aromatic rings. The summed E-state index contributed by atoms with van der Waals surface area (Å²) in [6, 6.07) is 12.4. The molecule has 0 spiro atoms. The van der Waals surface area contributed by atoms with Gasteiger partial charge in [-0.2, -0.15) is 0 Å². The van der Waals surface area contributed by atoms with E-state index in [0.717, 1.165) is 58.8 Å². The lowest BCUT2D eigenvalue weighted by molar-refractivity contribution is -0.125. The molecule has 2 fully saturated rings. The minimum Gasteiger partial charge on any atom is -0.371 e. The molecule has 1 saturated heterocycles. The zero-order valence-corrected chi connectivity index (χ0v) is 29.9. The molecule has 8 rings (SSSR count). The molecule has 5 unspecified atom stereocenters. The summed E-state index contributed by atoms with van der Waals surface area (Å²) in [7, 11) is 1.77. The van der Waals surface area contributed by atoms with Crippen LogP contribution in [-0.4, -0.2) is 72.0 Å². The van der Waals surface area contributed by atoms with Crippen LogP contribution in [0.1, 0.15) is 91.2 Å². The number of carbonyl (C=O) groups is 5. The fourth-order valence-electron chi connectivity index (χ4n) is 8.92. The van der Waals surface area contributed by atoms with Gasteiger partial charge >= 0.3 is 0 Å². The molecule has 4 heterocycles. The van der Waals surface area contributed by atoms with Crippen LogP contribution < -0.4 is 26.0 Å². The van der Waals surface area contributed by atoms with Gasteiger partial charge in [-0.1, -0.05) is 13.0 Å². The second-order valence-electron chi connectivity index (χ2n) is 15.6. The van der Waals surface area contributed by atoms with Gasteiger partial charge in [-0.25, -0.2) is 14.2 Å². The van der Waals surface area contributed by atoms with Gasteiger partial charge in [0.15, 0.2) is 0 Å². The number of imide groups is 2. The van der Waals surface area contributed by atoms with Crippen molar-refractivity contribution in [3.8, 4) is 0 Å². The van der Waals surface area contributed by atoms with Gasteiger partial charge in [0.2, 0.25) is 18.2 Å². The largest absolute Gasteiger partial charge is 0.371 e. The monoisotopic (exact) mass is 727 g/mol. The number of fused-ring (bicyclic) bond motifs is 3. The Bertz CT molecular complexity index is 2100. The maximum absolute atomic E-state index is 14.5. The Morgan fingerprint density at radius 1 is 1.09 bits per heavy atom. The van der Waals surface area contributed by atoms with Crippen molar-refractivity contribution in [3.05, 3.63) is 70.6 Å². The second-order valence-corrected chi connectivity index (χ2v) is 15.6. The molecule has 5 aliphatic rings. The topological polar surface area (TPSA) is 147 Å². The number of alkyl halides is 2. The third-order valence-corrected chi connectivity index (χ3v) is 12.4. The number of rotatable bonds is 11. The van der Waals surface area contributed by atoms with E-state index in [1.807, 2.05) is 30.3 Å². The standard InChI is InChI=1S/C39H43F2N7O5/c1-21(4-10-33(50)42-20-49)48-36(52)26-9-8-25(15-27(26)37(48)53)47-13-12-22(19-47)5-11-34(51)46(3)24-7-6-23-14-30(43-29(23)16-24)35-28-17-32-38(2,39(32,40)41)18-31(28)44-45-35/h6-9,14-16,20-22,32,35,43-45H,4-5,10-13,17-19H2,1-3H3,(H,42,49,50). The van der Waals surface area contributed by atoms with Gasteiger partial charge < -0.3 is 20.2 Å². The Morgan fingerprint density at radius 3 is 2.68 bits per heavy atom. The molecule has 278 valence electrons. The van der Waals surface area contributed by atoms with Crippen LogP contribution >= 0.6 is 0 Å². The van der Waals surface area contributed by atoms with Crippen molar-refractivity contribution in [3.63, 3.8) is 0 Å². The summed E-state index contributed by atoms with van der Waals surface area (Å²) in [5, 5.41) is 3.05. The molecule has 5 amide bonds. The number of amides is 5. The molecule has 3 aliphatic heterocycles. The summed E-state index contributed by atoms with van der Waals surface area (Å²) in [6.07, 6.45) is 3.24. The molecule has 53 heavy (non-hydrogen) atoms. The summed E-state index contributed by atoms with van der Waals surface area (Å²) >= 11 is 0. The number of hydrogen-bond acceptors (Lipinski definition) is 8. The second kappa shape index (κ2) is 12.8. The lowest BCUT2D eigenvalue weighted by atomic mass is 9.85. The minimum absolute atomic E-state index is 0.00106. The predicted molar refractivity (Wildman–Crippen MR) is 193 cm³/mol. The molecular formula is C39H43F2N7O5. The molecule has 12 nitrogen and oxygen atoms in total. The molecule has 1 aromatic heterocycles. The summed E-state index contributed by atoms with van der Waals surface area (Å²) < 4.78 is 29.0. The van der Waals surface area contributed by atoms with E-state index in [4.69, 9.17) is 0 Å². The molecule has 2 aliphatic carbocycles. The number of H-pyrrole nitrogens is 1. The maximum atomic E-state index is 14.5. The fraction of sp³-hybridized carbons (Fsp3) is 0.462. The van der Waals surface area contributed by atoms with Gasteiger partial charge in [-0.05, 0) is 85.9 Å². The van der Waals surface area contributed by atoms with Crippen LogP contribution in [0.2, 0.25) is 0 Å². The number of nitrogens with one attached hydrogen (secondary N) is 4. The Balaban J connectivity index is 0.858. The molecule has 4 N–H and O–H groups in total. The van der Waals surface area contributed by atoms with Gasteiger partial charge in [0.1, 0.15) is 0 Å². The highest BCUT2D eigenvalue weighted by atomic mass is 19.3. The Labute approximate surface area is 305 Å². The number of halogens is 2. The molecule has 5 atom stereocenters. The smallest absolute Gasteiger partial charge is 0.261 e. The molecule has 14 heteroatoms. The highest BCUT2D eigenvalue weighted by molar-refractivity contribution is 6.22. The number of benzene rings is 2. The van der Waals surface area contributed by atoms with Crippen LogP contribution in [-0.2, 0) is 14.4 Å². The Hall–Kier alpha value is -5.11. The average molecular weight is 728 g/mol. The number of allylic oxidation sites excluding steroid dienone is 1. The first-order valence-corrected chi connectivity index (χ1v) is 18.3. The first-order valence-electron chi connectivity index (χ1n) is 18.3. The van der Waals surface area contributed by atoms with Crippen molar-refractivity contribution in [2.45, 2.75) is 76.8 Å². The third kappa shape index (κ3) is 5.78. The summed E-state index contributed by atoms with van der Waals surface area (Å²) in [5.41, 5.74) is 11.4. The van der Waals surface area contributed by atoms with Gasteiger partial charge in [0.05, 0.1) is 17.2 Å². The molecule has 1 saturated carbocycles. The van der Waals surface area contributed by atoms with Gasteiger partial charge in [-0.15, -0.1) is 0 Å². The van der Waals surface area contributed by atoms with Gasteiger partial charge in [0.25, 0.3) is 17.7 Å². The number of anilines is 2. The summed E-state index contributed by atoms with van der Waals surface area (Å²) in [4.78, 5) is 70.5. The Morgan fingerprint density at radius 2 is 1.89 bits per heavy atom. The van der Waals surface area contributed by atoms with E-state index in [-0.39, 0.29) is 30.7 Å². The van der Waals surface area contributed by atoms with Gasteiger partial charge in [0, 0.05) is 85.1 Å². The van der Waals surface area contributed by atoms with E-state index in [9.17, 15) is 32.8 Å². The number of hydrazine groups is 1. The Kier molecular flexibility index (Phi) is 8.43. The average Bonchev–Trinajstić information content (AvgIpc) is 3.80. The number of carbonyl (C=O) groups excluding carboxylic acids is 5. The SMILES string of the molecule is CC(CCC(=O)NC=O)N1C(=O)c2ccc(N3CCC(CCC(=O)N(C)c4ccc5cc(C6NNC7=C6CC6C(F)(F)C6(C)C7)[nH]c5c4)C3)cc2C1=O. The van der Waals surface area contributed by atoms with E-state index >= 15 is 0 Å². The van der Waals surface area contributed by atoms with Crippen LogP contribution in [0.4, 0.5) is 20.2 Å². The highest BCUT2D eigenvalue weighted by Crippen LogP contribution is 2.73. The first kappa shape index (κ1) is 34.9.